The van der Waals surface area contributed by atoms with Gasteiger partial charge in [0.1, 0.15) is 5.82 Å². The summed E-state index contributed by atoms with van der Waals surface area (Å²) in [6.45, 7) is 3.12. The average Bonchev–Trinajstić information content (AvgIpc) is 3.13. The molecule has 1 aromatic heterocycles. The van der Waals surface area contributed by atoms with E-state index in [-0.39, 0.29) is 22.9 Å². The van der Waals surface area contributed by atoms with Crippen LogP contribution in [0.2, 0.25) is 0 Å². The fraction of sp³-hybridized carbons (Fsp3) is 0.579. The fourth-order valence-electron chi connectivity index (χ4n) is 4.03. The lowest BCUT2D eigenvalue weighted by atomic mass is 9.92. The first-order chi connectivity index (χ1) is 12.9. The molecule has 1 aromatic carbocycles. The van der Waals surface area contributed by atoms with Crippen molar-refractivity contribution < 1.29 is 17.2 Å². The Morgan fingerprint density at radius 2 is 2.07 bits per heavy atom. The van der Waals surface area contributed by atoms with Crippen LogP contribution in [0.4, 0.5) is 4.39 Å². The van der Waals surface area contributed by atoms with E-state index < -0.39 is 10.0 Å². The molecule has 0 bridgehead atoms. The van der Waals surface area contributed by atoms with Gasteiger partial charge < -0.3 is 4.42 Å². The van der Waals surface area contributed by atoms with Gasteiger partial charge in [0.2, 0.25) is 21.8 Å². The molecule has 4 rings (SSSR count). The number of hydrogen-bond acceptors (Lipinski definition) is 5. The first-order valence-corrected chi connectivity index (χ1v) is 11.1. The summed E-state index contributed by atoms with van der Waals surface area (Å²) >= 11 is 0. The molecule has 146 valence electrons. The number of aromatic nitrogens is 2. The highest BCUT2D eigenvalue weighted by Gasteiger charge is 2.58. The predicted octanol–water partition coefficient (Wildman–Crippen LogP) is 3.58. The highest BCUT2D eigenvalue weighted by Crippen LogP contribution is 2.64. The van der Waals surface area contributed by atoms with Gasteiger partial charge >= 0.3 is 0 Å². The van der Waals surface area contributed by atoms with Crippen molar-refractivity contribution in [3.63, 3.8) is 0 Å². The van der Waals surface area contributed by atoms with Crippen LogP contribution < -0.4 is 0 Å². The summed E-state index contributed by atoms with van der Waals surface area (Å²) in [6.07, 6.45) is 4.17. The first-order valence-electron chi connectivity index (χ1n) is 9.51. The van der Waals surface area contributed by atoms with Crippen molar-refractivity contribution >= 4 is 10.0 Å². The van der Waals surface area contributed by atoms with Gasteiger partial charge in [-0.25, -0.2) is 17.1 Å². The molecular formula is C19H24FN3O3S. The molecule has 1 aliphatic carbocycles. The van der Waals surface area contributed by atoms with Crippen LogP contribution in [0.5, 0.6) is 0 Å². The maximum absolute atomic E-state index is 13.4. The Morgan fingerprint density at radius 3 is 2.78 bits per heavy atom. The molecule has 1 aliphatic heterocycles. The van der Waals surface area contributed by atoms with Crippen molar-refractivity contribution in [1.82, 2.24) is 14.5 Å². The van der Waals surface area contributed by atoms with Gasteiger partial charge in [0.15, 0.2) is 0 Å². The lowest BCUT2D eigenvalue weighted by Gasteiger charge is -2.31. The molecule has 0 unspecified atom stereocenters. The van der Waals surface area contributed by atoms with E-state index in [0.717, 1.165) is 25.7 Å². The summed E-state index contributed by atoms with van der Waals surface area (Å²) in [5.74, 6) is 0.975. The topological polar surface area (TPSA) is 76.3 Å². The third kappa shape index (κ3) is 3.65. The zero-order valence-electron chi connectivity index (χ0n) is 15.4. The molecule has 1 saturated carbocycles. The second-order valence-corrected chi connectivity index (χ2v) is 9.73. The van der Waals surface area contributed by atoms with Crippen LogP contribution in [0, 0.1) is 11.2 Å². The maximum Gasteiger partial charge on any atom is 0.247 e. The third-order valence-electron chi connectivity index (χ3n) is 5.87. The summed E-state index contributed by atoms with van der Waals surface area (Å²) in [5.41, 5.74) is 0.642. The van der Waals surface area contributed by atoms with Crippen molar-refractivity contribution in [2.75, 3.05) is 18.8 Å². The number of benzene rings is 1. The van der Waals surface area contributed by atoms with Gasteiger partial charge in [-0.15, -0.1) is 10.2 Å². The van der Waals surface area contributed by atoms with Crippen LogP contribution in [0.1, 0.15) is 50.8 Å². The van der Waals surface area contributed by atoms with E-state index in [4.69, 9.17) is 4.42 Å². The Kier molecular flexibility index (Phi) is 4.80. The Balaban J connectivity index is 1.41. The van der Waals surface area contributed by atoms with Gasteiger partial charge in [0.25, 0.3) is 0 Å². The van der Waals surface area contributed by atoms with E-state index in [1.54, 1.807) is 16.4 Å². The van der Waals surface area contributed by atoms with E-state index >= 15 is 0 Å². The number of unbranched alkanes of at least 4 members (excludes halogenated alkanes) is 1. The van der Waals surface area contributed by atoms with E-state index in [0.29, 0.717) is 36.9 Å². The van der Waals surface area contributed by atoms with Crippen molar-refractivity contribution in [2.24, 2.45) is 5.41 Å². The van der Waals surface area contributed by atoms with Gasteiger partial charge in [-0.1, -0.05) is 19.4 Å². The largest absolute Gasteiger partial charge is 0.420 e. The number of piperidine rings is 1. The highest BCUT2D eigenvalue weighted by molar-refractivity contribution is 7.89. The Hall–Kier alpha value is -1.80. The molecule has 0 radical (unpaired) electrons. The molecule has 1 saturated heterocycles. The second-order valence-electron chi connectivity index (χ2n) is 7.64. The van der Waals surface area contributed by atoms with Gasteiger partial charge in [-0.3, -0.25) is 0 Å². The van der Waals surface area contributed by atoms with Crippen molar-refractivity contribution in [2.45, 2.75) is 44.9 Å². The molecule has 0 N–H and O–H groups in total. The average molecular weight is 393 g/mol. The monoisotopic (exact) mass is 393 g/mol. The molecule has 2 aliphatic rings. The minimum absolute atomic E-state index is 0.0719. The molecule has 27 heavy (non-hydrogen) atoms. The highest BCUT2D eigenvalue weighted by atomic mass is 32.2. The van der Waals surface area contributed by atoms with Crippen molar-refractivity contribution in [1.29, 1.82) is 0 Å². The lowest BCUT2D eigenvalue weighted by Crippen LogP contribution is -2.40. The van der Waals surface area contributed by atoms with Crippen molar-refractivity contribution in [3.05, 3.63) is 36.0 Å². The standard InChI is InChI=1S/C19H24FN3O3S/c1-2-3-11-27(24,25)23-9-7-19(8-10-23)13-16(19)18-22-21-17(26-18)14-5-4-6-15(20)12-14/h4-6,12,16H,2-3,7-11,13H2,1H3/t16-/m0/s1. The maximum atomic E-state index is 13.4. The zero-order chi connectivity index (χ0) is 19.1. The summed E-state index contributed by atoms with van der Waals surface area (Å²) < 4.78 is 45.6. The van der Waals surface area contributed by atoms with E-state index in [9.17, 15) is 12.8 Å². The minimum atomic E-state index is -3.14. The zero-order valence-corrected chi connectivity index (χ0v) is 16.2. The van der Waals surface area contributed by atoms with Gasteiger partial charge in [-0.05, 0) is 49.3 Å². The molecule has 2 fully saturated rings. The quantitative estimate of drug-likeness (QED) is 0.750. The van der Waals surface area contributed by atoms with Crippen molar-refractivity contribution in [3.8, 4) is 11.5 Å². The number of nitrogens with zero attached hydrogens (tertiary/aromatic N) is 3. The second kappa shape index (κ2) is 6.98. The van der Waals surface area contributed by atoms with E-state index in [1.807, 2.05) is 6.92 Å². The fourth-order valence-corrected chi connectivity index (χ4v) is 5.68. The molecule has 1 spiro atoms. The third-order valence-corrected chi connectivity index (χ3v) is 7.82. The predicted molar refractivity (Wildman–Crippen MR) is 99.0 cm³/mol. The number of rotatable bonds is 6. The summed E-state index contributed by atoms with van der Waals surface area (Å²) in [4.78, 5) is 0. The Labute approximate surface area is 158 Å². The van der Waals surface area contributed by atoms with Crippen LogP contribution in [-0.4, -0.2) is 41.8 Å². The SMILES string of the molecule is CCCCS(=O)(=O)N1CCC2(CC1)C[C@H]2c1nnc(-c2cccc(F)c2)o1. The number of sulfonamides is 1. The van der Waals surface area contributed by atoms with Crippen LogP contribution in [-0.2, 0) is 10.0 Å². The normalized spacial score (nSPS) is 22.2. The summed E-state index contributed by atoms with van der Waals surface area (Å²) in [6, 6.07) is 6.10. The van der Waals surface area contributed by atoms with Crippen LogP contribution >= 0.6 is 0 Å². The molecule has 2 heterocycles. The van der Waals surface area contributed by atoms with Gasteiger partial charge in [0, 0.05) is 24.6 Å². The molecule has 6 nitrogen and oxygen atoms in total. The number of hydrogen-bond donors (Lipinski definition) is 0. The van der Waals surface area contributed by atoms with Crippen LogP contribution in [0.15, 0.2) is 28.7 Å². The van der Waals surface area contributed by atoms with Gasteiger partial charge in [-0.2, -0.15) is 0 Å². The smallest absolute Gasteiger partial charge is 0.247 e. The Bertz CT molecular complexity index is 920. The van der Waals surface area contributed by atoms with Crippen LogP contribution in [0.3, 0.4) is 0 Å². The Morgan fingerprint density at radius 1 is 1.30 bits per heavy atom. The van der Waals surface area contributed by atoms with Crippen LogP contribution in [0.25, 0.3) is 11.5 Å². The molecular weight excluding hydrogens is 369 g/mol. The van der Waals surface area contributed by atoms with E-state index in [1.165, 1.54) is 12.1 Å². The molecule has 2 aromatic rings. The summed E-state index contributed by atoms with van der Waals surface area (Å²) in [5, 5.41) is 8.24. The molecule has 8 heteroatoms. The number of halogens is 1. The summed E-state index contributed by atoms with van der Waals surface area (Å²) in [7, 11) is -3.14. The van der Waals surface area contributed by atoms with E-state index in [2.05, 4.69) is 10.2 Å². The molecule has 0 amide bonds. The first kappa shape index (κ1) is 18.6. The van der Waals surface area contributed by atoms with Gasteiger partial charge in [0.05, 0.1) is 5.75 Å². The minimum Gasteiger partial charge on any atom is -0.420 e. The molecule has 1 atom stereocenters. The lowest BCUT2D eigenvalue weighted by molar-refractivity contribution is 0.246.